The van der Waals surface area contributed by atoms with Crippen molar-refractivity contribution in [2.45, 2.75) is 33.4 Å². The Labute approximate surface area is 166 Å². The largest absolute Gasteiger partial charge is 0.384 e. The number of benzene rings is 3. The fourth-order valence-corrected chi connectivity index (χ4v) is 4.16. The Hall–Kier alpha value is -3.11. The number of anilines is 2. The number of aliphatic imine (C=N–C) groups is 1. The Morgan fingerprint density at radius 3 is 1.93 bits per heavy atom. The van der Waals surface area contributed by atoms with Crippen LogP contribution in [0.5, 0.6) is 0 Å². The molecule has 1 aliphatic rings. The first-order valence-corrected chi connectivity index (χ1v) is 9.49. The van der Waals surface area contributed by atoms with Crippen LogP contribution in [0, 0.1) is 27.7 Å². The maximum Gasteiger partial charge on any atom is 0.178 e. The van der Waals surface area contributed by atoms with Gasteiger partial charge in [-0.1, -0.05) is 47.5 Å². The molecule has 0 bridgehead atoms. The Morgan fingerprint density at radius 1 is 0.786 bits per heavy atom. The van der Waals surface area contributed by atoms with Crippen molar-refractivity contribution in [3.8, 4) is 0 Å². The van der Waals surface area contributed by atoms with Crippen molar-refractivity contribution < 1.29 is 0 Å². The highest BCUT2D eigenvalue weighted by Gasteiger charge is 2.44. The zero-order valence-corrected chi connectivity index (χ0v) is 16.8. The van der Waals surface area contributed by atoms with Gasteiger partial charge in [0.25, 0.3) is 0 Å². The zero-order valence-electron chi connectivity index (χ0n) is 16.8. The summed E-state index contributed by atoms with van der Waals surface area (Å²) < 4.78 is 0. The molecular weight excluding hydrogens is 344 g/mol. The predicted molar refractivity (Wildman–Crippen MR) is 118 cm³/mol. The van der Waals surface area contributed by atoms with Gasteiger partial charge in [-0.3, -0.25) is 5.73 Å². The van der Waals surface area contributed by atoms with Crippen LogP contribution >= 0.6 is 0 Å². The van der Waals surface area contributed by atoms with Crippen molar-refractivity contribution in [2.75, 3.05) is 4.90 Å². The Bertz CT molecular complexity index is 1060. The van der Waals surface area contributed by atoms with Gasteiger partial charge >= 0.3 is 0 Å². The van der Waals surface area contributed by atoms with Crippen LogP contribution < -0.4 is 16.4 Å². The lowest BCUT2D eigenvalue weighted by Crippen LogP contribution is -2.61. The maximum absolute atomic E-state index is 7.12. The molecule has 4 N–H and O–H groups in total. The van der Waals surface area contributed by atoms with Crippen molar-refractivity contribution >= 4 is 22.9 Å². The standard InChI is InChI=1S/C24H26N4/c1-15-9-16(2)12-19(11-15)24(26)23(25)27-21-7-5-6-8-22(21)28(24)20-13-17(3)10-18(4)14-20/h5-14H,26H2,1-4H3,(H2,25,27). The van der Waals surface area contributed by atoms with E-state index in [4.69, 9.17) is 11.5 Å². The van der Waals surface area contributed by atoms with Crippen LogP contribution in [0.25, 0.3) is 0 Å². The Morgan fingerprint density at radius 2 is 1.32 bits per heavy atom. The van der Waals surface area contributed by atoms with E-state index in [-0.39, 0.29) is 0 Å². The van der Waals surface area contributed by atoms with Gasteiger partial charge in [0.15, 0.2) is 5.66 Å². The number of fused-ring (bicyclic) bond motifs is 1. The van der Waals surface area contributed by atoms with Crippen LogP contribution in [-0.2, 0) is 5.66 Å². The van der Waals surface area contributed by atoms with Crippen LogP contribution in [-0.4, -0.2) is 5.84 Å². The molecule has 3 aromatic rings. The quantitative estimate of drug-likeness (QED) is 0.676. The highest BCUT2D eigenvalue weighted by molar-refractivity contribution is 6.02. The first kappa shape index (κ1) is 18.3. The van der Waals surface area contributed by atoms with E-state index in [1.807, 2.05) is 24.3 Å². The molecule has 0 radical (unpaired) electrons. The van der Waals surface area contributed by atoms with E-state index in [1.54, 1.807) is 0 Å². The van der Waals surface area contributed by atoms with Crippen LogP contribution in [0.4, 0.5) is 17.1 Å². The van der Waals surface area contributed by atoms with E-state index in [1.165, 1.54) is 11.1 Å². The predicted octanol–water partition coefficient (Wildman–Crippen LogP) is 4.87. The highest BCUT2D eigenvalue weighted by atomic mass is 15.3. The van der Waals surface area contributed by atoms with Gasteiger partial charge in [-0.15, -0.1) is 0 Å². The molecule has 0 fully saturated rings. The van der Waals surface area contributed by atoms with Gasteiger partial charge in [0.05, 0.1) is 11.4 Å². The lowest BCUT2D eigenvalue weighted by molar-refractivity contribution is 0.599. The number of hydrogen-bond donors (Lipinski definition) is 2. The molecule has 0 saturated carbocycles. The van der Waals surface area contributed by atoms with E-state index in [2.05, 4.69) is 74.0 Å². The molecule has 1 atom stereocenters. The van der Waals surface area contributed by atoms with E-state index in [0.29, 0.717) is 5.84 Å². The number of hydrogen-bond acceptors (Lipinski definition) is 4. The average molecular weight is 371 g/mol. The van der Waals surface area contributed by atoms with E-state index in [0.717, 1.165) is 33.8 Å². The van der Waals surface area contributed by atoms with Crippen molar-refractivity contribution in [3.63, 3.8) is 0 Å². The van der Waals surface area contributed by atoms with Gasteiger partial charge in [-0.25, -0.2) is 4.99 Å². The molecule has 0 spiro atoms. The number of para-hydroxylation sites is 2. The third-order valence-electron chi connectivity index (χ3n) is 5.23. The summed E-state index contributed by atoms with van der Waals surface area (Å²) in [6, 6.07) is 20.8. The number of rotatable bonds is 2. The summed E-state index contributed by atoms with van der Waals surface area (Å²) in [4.78, 5) is 6.81. The molecule has 0 aromatic heterocycles. The van der Waals surface area contributed by atoms with Gasteiger partial charge in [-0.2, -0.15) is 0 Å². The number of aryl methyl sites for hydroxylation is 4. The molecule has 1 unspecified atom stereocenters. The minimum atomic E-state index is -1.08. The Balaban J connectivity index is 2.05. The lowest BCUT2D eigenvalue weighted by Gasteiger charge is -2.45. The van der Waals surface area contributed by atoms with Crippen LogP contribution in [0.2, 0.25) is 0 Å². The number of nitrogens with zero attached hydrogens (tertiary/aromatic N) is 2. The second-order valence-corrected chi connectivity index (χ2v) is 7.81. The normalized spacial score (nSPS) is 18.6. The molecule has 1 heterocycles. The maximum atomic E-state index is 7.12. The summed E-state index contributed by atoms with van der Waals surface area (Å²) in [5, 5.41) is 0. The summed E-state index contributed by atoms with van der Waals surface area (Å²) in [6.45, 7) is 8.34. The molecule has 4 nitrogen and oxygen atoms in total. The topological polar surface area (TPSA) is 67.6 Å². The SMILES string of the molecule is Cc1cc(C)cc(N2c3ccccc3N=C(N)C2(N)c2cc(C)cc(C)c2)c1. The molecule has 142 valence electrons. The fraction of sp³-hybridized carbons (Fsp3) is 0.208. The van der Waals surface area contributed by atoms with Crippen molar-refractivity contribution in [2.24, 2.45) is 16.5 Å². The van der Waals surface area contributed by atoms with Gasteiger partial charge in [0, 0.05) is 11.3 Å². The smallest absolute Gasteiger partial charge is 0.178 e. The summed E-state index contributed by atoms with van der Waals surface area (Å²) in [7, 11) is 0. The van der Waals surface area contributed by atoms with E-state index in [9.17, 15) is 0 Å². The molecule has 0 saturated heterocycles. The van der Waals surface area contributed by atoms with Crippen LogP contribution in [0.3, 0.4) is 0 Å². The first-order valence-electron chi connectivity index (χ1n) is 9.49. The zero-order chi connectivity index (χ0) is 20.1. The monoisotopic (exact) mass is 370 g/mol. The number of amidine groups is 1. The van der Waals surface area contributed by atoms with E-state index >= 15 is 0 Å². The summed E-state index contributed by atoms with van der Waals surface area (Å²) in [5.74, 6) is 0.385. The van der Waals surface area contributed by atoms with Gasteiger partial charge in [-0.05, 0) is 63.1 Å². The van der Waals surface area contributed by atoms with Crippen molar-refractivity contribution in [1.82, 2.24) is 0 Å². The third-order valence-corrected chi connectivity index (χ3v) is 5.23. The number of nitrogens with two attached hydrogens (primary N) is 2. The second kappa shape index (κ2) is 6.50. The van der Waals surface area contributed by atoms with Gasteiger partial charge in [0.1, 0.15) is 5.84 Å². The van der Waals surface area contributed by atoms with Gasteiger partial charge < -0.3 is 10.6 Å². The molecule has 4 heteroatoms. The molecule has 0 aliphatic carbocycles. The molecule has 0 amide bonds. The van der Waals surface area contributed by atoms with Crippen LogP contribution in [0.1, 0.15) is 27.8 Å². The summed E-state index contributed by atoms with van der Waals surface area (Å²) in [5.41, 5.74) is 20.9. The van der Waals surface area contributed by atoms with Crippen molar-refractivity contribution in [3.05, 3.63) is 88.5 Å². The molecule has 1 aliphatic heterocycles. The molecule has 3 aromatic carbocycles. The first-order chi connectivity index (χ1) is 13.3. The molecule has 28 heavy (non-hydrogen) atoms. The molecule has 4 rings (SSSR count). The minimum Gasteiger partial charge on any atom is -0.384 e. The second-order valence-electron chi connectivity index (χ2n) is 7.81. The summed E-state index contributed by atoms with van der Waals surface area (Å²) >= 11 is 0. The minimum absolute atomic E-state index is 0.385. The Kier molecular flexibility index (Phi) is 4.24. The highest BCUT2D eigenvalue weighted by Crippen LogP contribution is 2.45. The average Bonchev–Trinajstić information content (AvgIpc) is 2.61. The fourth-order valence-electron chi connectivity index (χ4n) is 4.16. The summed E-state index contributed by atoms with van der Waals surface area (Å²) in [6.07, 6.45) is 0. The van der Waals surface area contributed by atoms with E-state index < -0.39 is 5.66 Å². The van der Waals surface area contributed by atoms with Crippen molar-refractivity contribution in [1.29, 1.82) is 0 Å². The van der Waals surface area contributed by atoms with Crippen LogP contribution in [0.15, 0.2) is 65.7 Å². The molecular formula is C24H26N4. The van der Waals surface area contributed by atoms with Gasteiger partial charge in [0.2, 0.25) is 0 Å². The lowest BCUT2D eigenvalue weighted by atomic mass is 9.90. The third kappa shape index (κ3) is 2.86.